The van der Waals surface area contributed by atoms with Gasteiger partial charge in [-0.1, -0.05) is 0 Å². The van der Waals surface area contributed by atoms with Crippen molar-refractivity contribution in [3.8, 4) is 11.8 Å². The van der Waals surface area contributed by atoms with Gasteiger partial charge < -0.3 is 9.47 Å². The molecule has 1 unspecified atom stereocenters. The Morgan fingerprint density at radius 2 is 2.07 bits per heavy atom. The number of benzene rings is 1. The van der Waals surface area contributed by atoms with Gasteiger partial charge in [-0.25, -0.2) is 4.39 Å². The lowest BCUT2D eigenvalue weighted by Gasteiger charge is -2.15. The van der Waals surface area contributed by atoms with Crippen LogP contribution in [0, 0.1) is 17.1 Å². The average molecular weight is 209 g/mol. The lowest BCUT2D eigenvalue weighted by molar-refractivity contribution is 0.117. The Bertz CT molecular complexity index is 398. The molecule has 4 heteroatoms. The minimum Gasteiger partial charge on any atom is -0.495 e. The number of halogens is 1. The molecular weight excluding hydrogens is 197 g/mol. The summed E-state index contributed by atoms with van der Waals surface area (Å²) in [5, 5.41) is 8.80. The Hall–Kier alpha value is -1.60. The SMILES string of the molecule is COc1c(C(C)OC)ccc(F)c1C#N. The van der Waals surface area contributed by atoms with Crippen molar-refractivity contribution in [1.29, 1.82) is 5.26 Å². The third-order valence-electron chi connectivity index (χ3n) is 2.24. The fourth-order valence-corrected chi connectivity index (χ4v) is 1.35. The summed E-state index contributed by atoms with van der Waals surface area (Å²) in [5.74, 6) is -0.340. The van der Waals surface area contributed by atoms with Crippen LogP contribution in [0.4, 0.5) is 4.39 Å². The van der Waals surface area contributed by atoms with Crippen molar-refractivity contribution < 1.29 is 13.9 Å². The third kappa shape index (κ3) is 2.08. The summed E-state index contributed by atoms with van der Waals surface area (Å²) in [4.78, 5) is 0. The lowest BCUT2D eigenvalue weighted by Crippen LogP contribution is -2.02. The van der Waals surface area contributed by atoms with Gasteiger partial charge in [0.05, 0.1) is 13.2 Å². The highest BCUT2D eigenvalue weighted by atomic mass is 19.1. The van der Waals surface area contributed by atoms with Gasteiger partial charge in [-0.05, 0) is 19.1 Å². The molecule has 0 aliphatic rings. The Kier molecular flexibility index (Phi) is 3.64. The summed E-state index contributed by atoms with van der Waals surface area (Å²) in [5.41, 5.74) is 0.580. The second kappa shape index (κ2) is 4.76. The molecule has 1 rings (SSSR count). The first-order chi connectivity index (χ1) is 7.15. The van der Waals surface area contributed by atoms with Crippen LogP contribution in [-0.2, 0) is 4.74 Å². The van der Waals surface area contributed by atoms with E-state index in [1.165, 1.54) is 13.2 Å². The van der Waals surface area contributed by atoms with Crippen LogP contribution in [0.25, 0.3) is 0 Å². The quantitative estimate of drug-likeness (QED) is 0.767. The molecule has 15 heavy (non-hydrogen) atoms. The maximum absolute atomic E-state index is 13.2. The van der Waals surface area contributed by atoms with Crippen LogP contribution in [-0.4, -0.2) is 14.2 Å². The first-order valence-electron chi connectivity index (χ1n) is 4.45. The van der Waals surface area contributed by atoms with Crippen LogP contribution in [0.5, 0.6) is 5.75 Å². The molecule has 1 aromatic rings. The minimum absolute atomic E-state index is 0.0844. The normalized spacial score (nSPS) is 11.9. The van der Waals surface area contributed by atoms with Crippen molar-refractivity contribution in [2.75, 3.05) is 14.2 Å². The molecule has 0 radical (unpaired) electrons. The van der Waals surface area contributed by atoms with E-state index in [0.29, 0.717) is 5.56 Å². The first-order valence-corrected chi connectivity index (χ1v) is 4.45. The largest absolute Gasteiger partial charge is 0.495 e. The number of hydrogen-bond acceptors (Lipinski definition) is 3. The number of nitrogens with zero attached hydrogens (tertiary/aromatic N) is 1. The fraction of sp³-hybridized carbons (Fsp3) is 0.364. The molecule has 0 aliphatic carbocycles. The second-order valence-electron chi connectivity index (χ2n) is 3.03. The summed E-state index contributed by atoms with van der Waals surface area (Å²) < 4.78 is 23.4. The summed E-state index contributed by atoms with van der Waals surface area (Å²) in [7, 11) is 2.95. The highest BCUT2D eigenvalue weighted by molar-refractivity contribution is 5.50. The molecule has 0 fully saturated rings. The molecule has 0 amide bonds. The highest BCUT2D eigenvalue weighted by Crippen LogP contribution is 2.31. The average Bonchev–Trinajstić information content (AvgIpc) is 2.27. The second-order valence-corrected chi connectivity index (χ2v) is 3.03. The molecule has 0 N–H and O–H groups in total. The van der Waals surface area contributed by atoms with Crippen LogP contribution < -0.4 is 4.74 Å². The summed E-state index contributed by atoms with van der Waals surface area (Å²) in [6.45, 7) is 1.80. The zero-order valence-electron chi connectivity index (χ0n) is 8.87. The molecule has 0 spiro atoms. The van der Waals surface area contributed by atoms with E-state index in [0.717, 1.165) is 0 Å². The molecule has 3 nitrogen and oxygen atoms in total. The van der Waals surface area contributed by atoms with Gasteiger partial charge in [0.15, 0.2) is 0 Å². The van der Waals surface area contributed by atoms with Crippen molar-refractivity contribution in [1.82, 2.24) is 0 Å². The molecule has 0 bridgehead atoms. The Labute approximate surface area is 88.0 Å². The van der Waals surface area contributed by atoms with Crippen molar-refractivity contribution in [3.05, 3.63) is 29.1 Å². The van der Waals surface area contributed by atoms with E-state index in [1.54, 1.807) is 26.2 Å². The maximum Gasteiger partial charge on any atom is 0.145 e. The van der Waals surface area contributed by atoms with Crippen LogP contribution in [0.15, 0.2) is 12.1 Å². The molecule has 80 valence electrons. The van der Waals surface area contributed by atoms with Gasteiger partial charge in [0, 0.05) is 12.7 Å². The standard InChI is InChI=1S/C11H12FNO2/c1-7(14-2)8-4-5-10(12)9(6-13)11(8)15-3/h4-5,7H,1-3H3. The zero-order chi connectivity index (χ0) is 11.4. The Balaban J connectivity index is 3.36. The molecular formula is C11H12FNO2. The molecule has 1 atom stereocenters. The van der Waals surface area contributed by atoms with Gasteiger partial charge in [0.25, 0.3) is 0 Å². The molecule has 0 saturated carbocycles. The van der Waals surface area contributed by atoms with E-state index >= 15 is 0 Å². The number of ether oxygens (including phenoxy) is 2. The van der Waals surface area contributed by atoms with Crippen molar-refractivity contribution in [2.24, 2.45) is 0 Å². The predicted molar refractivity (Wildman–Crippen MR) is 53.1 cm³/mol. The van der Waals surface area contributed by atoms with Crippen LogP contribution in [0.1, 0.15) is 24.2 Å². The van der Waals surface area contributed by atoms with E-state index in [4.69, 9.17) is 14.7 Å². The van der Waals surface area contributed by atoms with Gasteiger partial charge in [-0.15, -0.1) is 0 Å². The highest BCUT2D eigenvalue weighted by Gasteiger charge is 2.17. The van der Waals surface area contributed by atoms with Crippen LogP contribution >= 0.6 is 0 Å². The van der Waals surface area contributed by atoms with Gasteiger partial charge in [0.2, 0.25) is 0 Å². The Morgan fingerprint density at radius 3 is 2.53 bits per heavy atom. The lowest BCUT2D eigenvalue weighted by atomic mass is 10.0. The van der Waals surface area contributed by atoms with E-state index in [-0.39, 0.29) is 17.4 Å². The monoisotopic (exact) mass is 209 g/mol. The van der Waals surface area contributed by atoms with Crippen molar-refractivity contribution in [3.63, 3.8) is 0 Å². The summed E-state index contributed by atoms with van der Waals surface area (Å²) in [6.07, 6.45) is -0.243. The number of methoxy groups -OCH3 is 2. The number of hydrogen-bond donors (Lipinski definition) is 0. The smallest absolute Gasteiger partial charge is 0.145 e. The predicted octanol–water partition coefficient (Wildman–Crippen LogP) is 2.41. The maximum atomic E-state index is 13.2. The molecule has 0 aliphatic heterocycles. The first kappa shape index (κ1) is 11.5. The van der Waals surface area contributed by atoms with Crippen LogP contribution in [0.3, 0.4) is 0 Å². The molecule has 0 saturated heterocycles. The molecule has 1 aromatic carbocycles. The van der Waals surface area contributed by atoms with Gasteiger partial charge in [-0.3, -0.25) is 0 Å². The summed E-state index contributed by atoms with van der Waals surface area (Å²) in [6, 6.07) is 4.58. The van der Waals surface area contributed by atoms with E-state index in [9.17, 15) is 4.39 Å². The fourth-order valence-electron chi connectivity index (χ4n) is 1.35. The Morgan fingerprint density at radius 1 is 1.40 bits per heavy atom. The summed E-state index contributed by atoms with van der Waals surface area (Å²) >= 11 is 0. The van der Waals surface area contributed by atoms with Crippen molar-refractivity contribution >= 4 is 0 Å². The minimum atomic E-state index is -0.582. The number of rotatable bonds is 3. The number of nitriles is 1. The van der Waals surface area contributed by atoms with E-state index < -0.39 is 5.82 Å². The topological polar surface area (TPSA) is 42.2 Å². The zero-order valence-corrected chi connectivity index (χ0v) is 8.87. The van der Waals surface area contributed by atoms with Crippen molar-refractivity contribution in [2.45, 2.75) is 13.0 Å². The van der Waals surface area contributed by atoms with Gasteiger partial charge >= 0.3 is 0 Å². The van der Waals surface area contributed by atoms with E-state index in [1.807, 2.05) is 0 Å². The van der Waals surface area contributed by atoms with Crippen LogP contribution in [0.2, 0.25) is 0 Å². The van der Waals surface area contributed by atoms with Gasteiger partial charge in [0.1, 0.15) is 23.2 Å². The van der Waals surface area contributed by atoms with E-state index in [2.05, 4.69) is 0 Å². The van der Waals surface area contributed by atoms with Gasteiger partial charge in [-0.2, -0.15) is 5.26 Å². The third-order valence-corrected chi connectivity index (χ3v) is 2.24. The molecule has 0 aromatic heterocycles. The molecule has 0 heterocycles.